The molecule has 2 aliphatic heterocycles. The Labute approximate surface area is 122 Å². The highest BCUT2D eigenvalue weighted by atomic mass is 16.5. The standard InChI is InChI=1S/C17H26N2O/c1-17(20-2)9-5-11-19(13-17)12-16-15-7-4-3-6-14(15)8-10-18-16/h3-4,6-7,16,18H,5,8-13H2,1-2H3. The lowest BCUT2D eigenvalue weighted by Crippen LogP contribution is -2.50. The van der Waals surface area contributed by atoms with Crippen LogP contribution < -0.4 is 5.32 Å². The van der Waals surface area contributed by atoms with Crippen LogP contribution in [0.25, 0.3) is 0 Å². The summed E-state index contributed by atoms with van der Waals surface area (Å²) in [6.07, 6.45) is 3.57. The second kappa shape index (κ2) is 5.84. The molecule has 0 aliphatic carbocycles. The molecule has 2 atom stereocenters. The van der Waals surface area contributed by atoms with Gasteiger partial charge in [0.1, 0.15) is 0 Å². The van der Waals surface area contributed by atoms with Gasteiger partial charge in [-0.05, 0) is 50.4 Å². The van der Waals surface area contributed by atoms with Crippen molar-refractivity contribution in [1.29, 1.82) is 0 Å². The minimum atomic E-state index is 0.0342. The van der Waals surface area contributed by atoms with Gasteiger partial charge in [0.25, 0.3) is 0 Å². The van der Waals surface area contributed by atoms with Crippen LogP contribution in [0, 0.1) is 0 Å². The van der Waals surface area contributed by atoms with Gasteiger partial charge in [-0.25, -0.2) is 0 Å². The molecule has 1 N–H and O–H groups in total. The van der Waals surface area contributed by atoms with Crippen molar-refractivity contribution in [2.75, 3.05) is 33.3 Å². The number of nitrogens with one attached hydrogen (secondary N) is 1. The second-order valence-electron chi connectivity index (χ2n) is 6.45. The lowest BCUT2D eigenvalue weighted by atomic mass is 9.91. The normalized spacial score (nSPS) is 31.0. The first kappa shape index (κ1) is 14.1. The first-order chi connectivity index (χ1) is 9.70. The molecule has 2 heterocycles. The largest absolute Gasteiger partial charge is 0.377 e. The Balaban J connectivity index is 1.70. The van der Waals surface area contributed by atoms with Crippen molar-refractivity contribution in [3.05, 3.63) is 35.4 Å². The molecule has 1 aromatic carbocycles. The molecule has 0 bridgehead atoms. The van der Waals surface area contributed by atoms with E-state index in [0.717, 1.165) is 26.1 Å². The summed E-state index contributed by atoms with van der Waals surface area (Å²) in [5, 5.41) is 3.69. The molecule has 20 heavy (non-hydrogen) atoms. The summed E-state index contributed by atoms with van der Waals surface area (Å²) in [5.41, 5.74) is 3.04. The van der Waals surface area contributed by atoms with Crippen LogP contribution in [-0.2, 0) is 11.2 Å². The topological polar surface area (TPSA) is 24.5 Å². The Bertz CT molecular complexity index is 462. The fourth-order valence-corrected chi connectivity index (χ4v) is 3.64. The maximum Gasteiger partial charge on any atom is 0.0777 e. The Morgan fingerprint density at radius 1 is 1.40 bits per heavy atom. The van der Waals surface area contributed by atoms with E-state index in [1.807, 2.05) is 7.11 Å². The lowest BCUT2D eigenvalue weighted by Gasteiger charge is -2.41. The number of fused-ring (bicyclic) bond motifs is 1. The van der Waals surface area contributed by atoms with Crippen molar-refractivity contribution in [2.45, 2.75) is 37.8 Å². The van der Waals surface area contributed by atoms with Crippen LogP contribution in [0.4, 0.5) is 0 Å². The van der Waals surface area contributed by atoms with Crippen molar-refractivity contribution in [3.8, 4) is 0 Å². The fraction of sp³-hybridized carbons (Fsp3) is 0.647. The summed E-state index contributed by atoms with van der Waals surface area (Å²) in [7, 11) is 1.84. The third kappa shape index (κ3) is 2.90. The molecule has 0 radical (unpaired) electrons. The Hall–Kier alpha value is -0.900. The van der Waals surface area contributed by atoms with Gasteiger partial charge in [-0.3, -0.25) is 4.90 Å². The maximum absolute atomic E-state index is 5.71. The van der Waals surface area contributed by atoms with Crippen molar-refractivity contribution in [3.63, 3.8) is 0 Å². The number of methoxy groups -OCH3 is 1. The minimum absolute atomic E-state index is 0.0342. The highest BCUT2D eigenvalue weighted by molar-refractivity contribution is 5.32. The average Bonchev–Trinajstić information content (AvgIpc) is 2.48. The van der Waals surface area contributed by atoms with E-state index in [1.54, 1.807) is 0 Å². The number of rotatable bonds is 3. The smallest absolute Gasteiger partial charge is 0.0777 e. The molecule has 1 saturated heterocycles. The molecular weight excluding hydrogens is 248 g/mol. The van der Waals surface area contributed by atoms with E-state index in [4.69, 9.17) is 4.74 Å². The molecule has 0 amide bonds. The van der Waals surface area contributed by atoms with Crippen molar-refractivity contribution in [1.82, 2.24) is 10.2 Å². The van der Waals surface area contributed by atoms with Gasteiger partial charge >= 0.3 is 0 Å². The number of nitrogens with zero attached hydrogens (tertiary/aromatic N) is 1. The predicted octanol–water partition coefficient (Wildman–Crippen LogP) is 2.37. The third-order valence-electron chi connectivity index (χ3n) is 4.89. The number of hydrogen-bond acceptors (Lipinski definition) is 3. The molecule has 3 nitrogen and oxygen atoms in total. The molecule has 2 aliphatic rings. The van der Waals surface area contributed by atoms with Gasteiger partial charge in [-0.15, -0.1) is 0 Å². The van der Waals surface area contributed by atoms with Gasteiger partial charge < -0.3 is 10.1 Å². The number of hydrogen-bond donors (Lipinski definition) is 1. The number of benzene rings is 1. The van der Waals surface area contributed by atoms with E-state index < -0.39 is 0 Å². The van der Waals surface area contributed by atoms with E-state index >= 15 is 0 Å². The average molecular weight is 274 g/mol. The quantitative estimate of drug-likeness (QED) is 0.916. The molecule has 0 saturated carbocycles. The van der Waals surface area contributed by atoms with E-state index in [2.05, 4.69) is 41.4 Å². The van der Waals surface area contributed by atoms with Crippen LogP contribution in [0.15, 0.2) is 24.3 Å². The summed E-state index contributed by atoms with van der Waals surface area (Å²) < 4.78 is 5.71. The molecule has 2 unspecified atom stereocenters. The second-order valence-corrected chi connectivity index (χ2v) is 6.45. The Kier molecular flexibility index (Phi) is 4.11. The van der Waals surface area contributed by atoms with Gasteiger partial charge in [0.05, 0.1) is 5.60 Å². The Morgan fingerprint density at radius 2 is 2.25 bits per heavy atom. The number of piperidine rings is 1. The molecule has 3 rings (SSSR count). The highest BCUT2D eigenvalue weighted by Crippen LogP contribution is 2.28. The summed E-state index contributed by atoms with van der Waals surface area (Å²) >= 11 is 0. The Morgan fingerprint density at radius 3 is 3.10 bits per heavy atom. The van der Waals surface area contributed by atoms with Gasteiger partial charge in [0.2, 0.25) is 0 Å². The van der Waals surface area contributed by atoms with Crippen molar-refractivity contribution >= 4 is 0 Å². The van der Waals surface area contributed by atoms with Crippen molar-refractivity contribution < 1.29 is 4.74 Å². The zero-order valence-electron chi connectivity index (χ0n) is 12.7. The lowest BCUT2D eigenvalue weighted by molar-refractivity contribution is -0.0525. The van der Waals surface area contributed by atoms with Crippen LogP contribution in [0.5, 0.6) is 0 Å². The molecule has 0 spiro atoms. The monoisotopic (exact) mass is 274 g/mol. The van der Waals surface area contributed by atoms with Gasteiger partial charge in [-0.2, -0.15) is 0 Å². The predicted molar refractivity (Wildman–Crippen MR) is 82.0 cm³/mol. The van der Waals surface area contributed by atoms with Gasteiger partial charge in [0, 0.05) is 26.2 Å². The number of ether oxygens (including phenoxy) is 1. The van der Waals surface area contributed by atoms with Crippen LogP contribution in [0.2, 0.25) is 0 Å². The maximum atomic E-state index is 5.71. The third-order valence-corrected chi connectivity index (χ3v) is 4.89. The SMILES string of the molecule is COC1(C)CCCN(CC2NCCc3ccccc32)C1. The summed E-state index contributed by atoms with van der Waals surface area (Å²) in [6, 6.07) is 9.35. The first-order valence-corrected chi connectivity index (χ1v) is 7.79. The van der Waals surface area contributed by atoms with Crippen LogP contribution >= 0.6 is 0 Å². The first-order valence-electron chi connectivity index (χ1n) is 7.79. The van der Waals surface area contributed by atoms with Crippen molar-refractivity contribution in [2.24, 2.45) is 0 Å². The van der Waals surface area contributed by atoms with E-state index in [0.29, 0.717) is 6.04 Å². The molecule has 0 aromatic heterocycles. The van der Waals surface area contributed by atoms with Gasteiger partial charge in [0.15, 0.2) is 0 Å². The van der Waals surface area contributed by atoms with Gasteiger partial charge in [-0.1, -0.05) is 24.3 Å². The zero-order valence-corrected chi connectivity index (χ0v) is 12.7. The van der Waals surface area contributed by atoms with Crippen LogP contribution in [-0.4, -0.2) is 43.8 Å². The minimum Gasteiger partial charge on any atom is -0.377 e. The highest BCUT2D eigenvalue weighted by Gasteiger charge is 2.32. The zero-order chi connectivity index (χ0) is 14.0. The molecule has 110 valence electrons. The van der Waals surface area contributed by atoms with E-state index in [-0.39, 0.29) is 5.60 Å². The van der Waals surface area contributed by atoms with Crippen LogP contribution in [0.1, 0.15) is 36.9 Å². The summed E-state index contributed by atoms with van der Waals surface area (Å²) in [5.74, 6) is 0. The molecule has 1 fully saturated rings. The molecule has 3 heteroatoms. The number of likely N-dealkylation sites (tertiary alicyclic amines) is 1. The summed E-state index contributed by atoms with van der Waals surface area (Å²) in [6.45, 7) is 6.66. The van der Waals surface area contributed by atoms with Crippen LogP contribution in [0.3, 0.4) is 0 Å². The fourth-order valence-electron chi connectivity index (χ4n) is 3.64. The molecular formula is C17H26N2O. The van der Waals surface area contributed by atoms with E-state index in [9.17, 15) is 0 Å². The molecule has 1 aromatic rings. The summed E-state index contributed by atoms with van der Waals surface area (Å²) in [4.78, 5) is 2.56. The van der Waals surface area contributed by atoms with E-state index in [1.165, 1.54) is 30.5 Å².